The van der Waals surface area contributed by atoms with Gasteiger partial charge in [0.05, 0.1) is 27.0 Å². The lowest BCUT2D eigenvalue weighted by molar-refractivity contribution is 0.0601. The fourth-order valence-electron chi connectivity index (χ4n) is 3.60. The Balaban J connectivity index is 2.01. The molecule has 7 nitrogen and oxygen atoms in total. The third-order valence-electron chi connectivity index (χ3n) is 5.26. The molecule has 1 fully saturated rings. The van der Waals surface area contributed by atoms with E-state index in [-0.39, 0.29) is 5.97 Å². The number of hydrogen-bond donors (Lipinski definition) is 0. The first-order valence-corrected chi connectivity index (χ1v) is 9.89. The molecule has 0 N–H and O–H groups in total. The second-order valence-corrected chi connectivity index (χ2v) is 7.03. The maximum atomic E-state index is 12.3. The molecule has 1 saturated heterocycles. The van der Waals surface area contributed by atoms with Gasteiger partial charge < -0.3 is 24.0 Å². The third kappa shape index (κ3) is 4.55. The Morgan fingerprint density at radius 1 is 1.00 bits per heavy atom. The fourth-order valence-corrected chi connectivity index (χ4v) is 3.60. The summed E-state index contributed by atoms with van der Waals surface area (Å²) in [6.45, 7) is 1.77. The van der Waals surface area contributed by atoms with Crippen LogP contribution in [-0.2, 0) is 4.74 Å². The number of aromatic nitrogens is 1. The molecule has 7 heteroatoms. The highest BCUT2D eigenvalue weighted by atomic mass is 16.5. The SMILES string of the molecule is COC(=O)c1ccc(N(C)c2ccc(OC)cc2OC)nc1N1CCCCCC1. The molecule has 29 heavy (non-hydrogen) atoms. The third-order valence-corrected chi connectivity index (χ3v) is 5.26. The molecule has 3 rings (SSSR count). The molecule has 0 aliphatic carbocycles. The van der Waals surface area contributed by atoms with Crippen LogP contribution in [0.1, 0.15) is 36.0 Å². The molecule has 156 valence electrons. The van der Waals surface area contributed by atoms with Crippen molar-refractivity contribution in [1.82, 2.24) is 4.98 Å². The summed E-state index contributed by atoms with van der Waals surface area (Å²) in [5.74, 6) is 2.43. The van der Waals surface area contributed by atoms with Crippen molar-refractivity contribution >= 4 is 23.3 Å². The Bertz CT molecular complexity index is 848. The van der Waals surface area contributed by atoms with E-state index >= 15 is 0 Å². The van der Waals surface area contributed by atoms with Crippen LogP contribution in [0.3, 0.4) is 0 Å². The van der Waals surface area contributed by atoms with Crippen molar-refractivity contribution in [3.05, 3.63) is 35.9 Å². The van der Waals surface area contributed by atoms with Crippen LogP contribution >= 0.6 is 0 Å². The van der Waals surface area contributed by atoms with Crippen molar-refractivity contribution in [3.63, 3.8) is 0 Å². The van der Waals surface area contributed by atoms with Gasteiger partial charge in [-0.25, -0.2) is 9.78 Å². The Hall–Kier alpha value is -2.96. The highest BCUT2D eigenvalue weighted by molar-refractivity contribution is 5.95. The topological polar surface area (TPSA) is 64.1 Å². The highest BCUT2D eigenvalue weighted by Gasteiger charge is 2.22. The number of benzene rings is 1. The van der Waals surface area contributed by atoms with Gasteiger partial charge in [0.1, 0.15) is 28.7 Å². The molecule has 0 radical (unpaired) electrons. The predicted molar refractivity (Wildman–Crippen MR) is 114 cm³/mol. The van der Waals surface area contributed by atoms with Gasteiger partial charge in [-0.3, -0.25) is 0 Å². The van der Waals surface area contributed by atoms with Gasteiger partial charge in [-0.1, -0.05) is 12.8 Å². The maximum Gasteiger partial charge on any atom is 0.341 e. The van der Waals surface area contributed by atoms with Crippen molar-refractivity contribution in [2.45, 2.75) is 25.7 Å². The predicted octanol–water partition coefficient (Wildman–Crippen LogP) is 4.03. The molecule has 1 aromatic heterocycles. The monoisotopic (exact) mass is 399 g/mol. The maximum absolute atomic E-state index is 12.3. The number of esters is 1. The first kappa shape index (κ1) is 20.8. The average Bonchev–Trinajstić information content (AvgIpc) is 3.06. The Morgan fingerprint density at radius 3 is 2.34 bits per heavy atom. The molecule has 0 spiro atoms. The summed E-state index contributed by atoms with van der Waals surface area (Å²) >= 11 is 0. The largest absolute Gasteiger partial charge is 0.497 e. The van der Waals surface area contributed by atoms with Crippen LogP contribution in [0.4, 0.5) is 17.3 Å². The van der Waals surface area contributed by atoms with Crippen LogP contribution in [0.5, 0.6) is 11.5 Å². The van der Waals surface area contributed by atoms with E-state index in [1.165, 1.54) is 20.0 Å². The summed E-state index contributed by atoms with van der Waals surface area (Å²) < 4.78 is 15.8. The number of anilines is 3. The van der Waals surface area contributed by atoms with Crippen molar-refractivity contribution in [2.24, 2.45) is 0 Å². The van der Waals surface area contributed by atoms with Gasteiger partial charge >= 0.3 is 5.97 Å². The molecule has 2 heterocycles. The number of methoxy groups -OCH3 is 3. The number of carbonyl (C=O) groups is 1. The lowest BCUT2D eigenvalue weighted by atomic mass is 10.2. The van der Waals surface area contributed by atoms with E-state index in [0.29, 0.717) is 17.1 Å². The first-order chi connectivity index (χ1) is 14.1. The summed E-state index contributed by atoms with van der Waals surface area (Å²) in [6, 6.07) is 9.27. The molecule has 1 aliphatic rings. The van der Waals surface area contributed by atoms with Gasteiger partial charge in [-0.15, -0.1) is 0 Å². The smallest absolute Gasteiger partial charge is 0.341 e. The Morgan fingerprint density at radius 2 is 1.72 bits per heavy atom. The highest BCUT2D eigenvalue weighted by Crippen LogP contribution is 2.36. The number of hydrogen-bond acceptors (Lipinski definition) is 7. The zero-order valence-corrected chi connectivity index (χ0v) is 17.6. The quantitative estimate of drug-likeness (QED) is 0.680. The van der Waals surface area contributed by atoms with Crippen LogP contribution in [0.25, 0.3) is 0 Å². The Kier molecular flexibility index (Phi) is 6.80. The van der Waals surface area contributed by atoms with Gasteiger partial charge in [0.25, 0.3) is 0 Å². The molecule has 1 aromatic carbocycles. The average molecular weight is 399 g/mol. The number of pyridine rings is 1. The van der Waals surface area contributed by atoms with E-state index in [1.54, 1.807) is 20.3 Å². The van der Waals surface area contributed by atoms with Gasteiger partial charge in [0, 0.05) is 26.2 Å². The molecular formula is C22H29N3O4. The van der Waals surface area contributed by atoms with Crippen molar-refractivity contribution in [3.8, 4) is 11.5 Å². The summed E-state index contributed by atoms with van der Waals surface area (Å²) in [6.07, 6.45) is 4.59. The molecule has 2 aromatic rings. The summed E-state index contributed by atoms with van der Waals surface area (Å²) in [5.41, 5.74) is 1.35. The normalized spacial score (nSPS) is 14.1. The van der Waals surface area contributed by atoms with E-state index in [9.17, 15) is 4.79 Å². The second kappa shape index (κ2) is 9.49. The molecule has 0 amide bonds. The molecule has 0 saturated carbocycles. The van der Waals surface area contributed by atoms with E-state index in [4.69, 9.17) is 19.2 Å². The zero-order chi connectivity index (χ0) is 20.8. The summed E-state index contributed by atoms with van der Waals surface area (Å²) in [5, 5.41) is 0. The molecule has 0 bridgehead atoms. The van der Waals surface area contributed by atoms with Crippen LogP contribution in [0.15, 0.2) is 30.3 Å². The van der Waals surface area contributed by atoms with Crippen LogP contribution in [0, 0.1) is 0 Å². The van der Waals surface area contributed by atoms with Crippen molar-refractivity contribution in [1.29, 1.82) is 0 Å². The number of ether oxygens (including phenoxy) is 3. The van der Waals surface area contributed by atoms with E-state index in [1.807, 2.05) is 36.2 Å². The molecule has 0 atom stereocenters. The zero-order valence-electron chi connectivity index (χ0n) is 17.6. The minimum Gasteiger partial charge on any atom is -0.497 e. The van der Waals surface area contributed by atoms with Gasteiger partial charge in [-0.2, -0.15) is 0 Å². The van der Waals surface area contributed by atoms with Crippen molar-refractivity contribution < 1.29 is 19.0 Å². The van der Waals surface area contributed by atoms with E-state index < -0.39 is 0 Å². The van der Waals surface area contributed by atoms with Crippen molar-refractivity contribution in [2.75, 3.05) is 51.3 Å². The lowest BCUT2D eigenvalue weighted by Crippen LogP contribution is -2.28. The minimum absolute atomic E-state index is 0.368. The number of rotatable bonds is 6. The molecule has 1 aliphatic heterocycles. The lowest BCUT2D eigenvalue weighted by Gasteiger charge is -2.27. The standard InChI is InChI=1S/C22H29N3O4/c1-24(18-11-9-16(27-2)15-19(18)28-3)20-12-10-17(22(26)29-4)21(23-20)25-13-7-5-6-8-14-25/h9-12,15H,5-8,13-14H2,1-4H3. The Labute approximate surface area is 172 Å². The second-order valence-electron chi connectivity index (χ2n) is 7.03. The first-order valence-electron chi connectivity index (χ1n) is 9.89. The van der Waals surface area contributed by atoms with Crippen LogP contribution in [-0.4, -0.2) is 52.4 Å². The minimum atomic E-state index is -0.368. The van der Waals surface area contributed by atoms with Gasteiger partial charge in [0.2, 0.25) is 0 Å². The number of carbonyl (C=O) groups excluding carboxylic acids is 1. The van der Waals surface area contributed by atoms with E-state index in [2.05, 4.69) is 4.90 Å². The van der Waals surface area contributed by atoms with Crippen LogP contribution in [0.2, 0.25) is 0 Å². The summed E-state index contributed by atoms with van der Waals surface area (Å²) in [7, 11) is 6.58. The van der Waals surface area contributed by atoms with Gasteiger partial charge in [-0.05, 0) is 37.1 Å². The molecule has 0 unspecified atom stereocenters. The van der Waals surface area contributed by atoms with Gasteiger partial charge in [0.15, 0.2) is 0 Å². The fraction of sp³-hybridized carbons (Fsp3) is 0.455. The van der Waals surface area contributed by atoms with Crippen LogP contribution < -0.4 is 19.3 Å². The molecular weight excluding hydrogens is 370 g/mol. The number of nitrogens with zero attached hydrogens (tertiary/aromatic N) is 3. The van der Waals surface area contributed by atoms with E-state index in [0.717, 1.165) is 43.2 Å². The summed E-state index contributed by atoms with van der Waals surface area (Å²) in [4.78, 5) is 21.4.